The molecule has 0 aliphatic rings. The van der Waals surface area contributed by atoms with Gasteiger partial charge in [-0.05, 0) is 17.8 Å². The molecule has 0 heterocycles. The van der Waals surface area contributed by atoms with Gasteiger partial charge in [0.05, 0.1) is 0 Å². The van der Waals surface area contributed by atoms with Gasteiger partial charge in [-0.25, -0.2) is 0 Å². The van der Waals surface area contributed by atoms with Crippen LogP contribution < -0.4 is 0 Å². The molecular weight excluding hydrogens is 396 g/mol. The molecule has 0 aromatic carbocycles. The third kappa shape index (κ3) is 28.1. The molecular formula is C33H68. The van der Waals surface area contributed by atoms with Gasteiger partial charge in [-0.15, -0.1) is 0 Å². The first-order valence-corrected chi connectivity index (χ1v) is 16.0. The van der Waals surface area contributed by atoms with Gasteiger partial charge in [0, 0.05) is 0 Å². The van der Waals surface area contributed by atoms with Crippen LogP contribution in [0.4, 0.5) is 0 Å². The lowest BCUT2D eigenvalue weighted by atomic mass is 9.88. The molecule has 0 spiro atoms. The van der Waals surface area contributed by atoms with Gasteiger partial charge in [-0.1, -0.05) is 195 Å². The van der Waals surface area contributed by atoms with Crippen LogP contribution in [0.25, 0.3) is 0 Å². The average molecular weight is 465 g/mol. The van der Waals surface area contributed by atoms with E-state index in [2.05, 4.69) is 34.6 Å². The summed E-state index contributed by atoms with van der Waals surface area (Å²) < 4.78 is 0. The van der Waals surface area contributed by atoms with Crippen molar-refractivity contribution in [1.82, 2.24) is 0 Å². The fourth-order valence-electron chi connectivity index (χ4n) is 5.36. The molecule has 0 aliphatic heterocycles. The van der Waals surface area contributed by atoms with Crippen molar-refractivity contribution in [2.24, 2.45) is 11.3 Å². The van der Waals surface area contributed by atoms with Crippen molar-refractivity contribution >= 4 is 0 Å². The Labute approximate surface area is 212 Å². The molecule has 200 valence electrons. The van der Waals surface area contributed by atoms with E-state index in [0.717, 1.165) is 5.92 Å². The van der Waals surface area contributed by atoms with E-state index in [-0.39, 0.29) is 0 Å². The van der Waals surface area contributed by atoms with E-state index in [4.69, 9.17) is 0 Å². The summed E-state index contributed by atoms with van der Waals surface area (Å²) in [5.41, 5.74) is 0.527. The second-order valence-electron chi connectivity index (χ2n) is 12.6. The van der Waals surface area contributed by atoms with Crippen LogP contribution in [-0.2, 0) is 0 Å². The number of rotatable bonds is 26. The van der Waals surface area contributed by atoms with E-state index in [0.29, 0.717) is 5.41 Å². The molecule has 0 aromatic rings. The van der Waals surface area contributed by atoms with E-state index in [1.54, 1.807) is 0 Å². The van der Waals surface area contributed by atoms with E-state index >= 15 is 0 Å². The van der Waals surface area contributed by atoms with Crippen LogP contribution in [0, 0.1) is 11.3 Å². The van der Waals surface area contributed by atoms with Crippen LogP contribution in [0.2, 0.25) is 0 Å². The van der Waals surface area contributed by atoms with E-state index in [1.807, 2.05) is 0 Å². The predicted octanol–water partition coefficient (Wildman–Crippen LogP) is 12.8. The van der Waals surface area contributed by atoms with Crippen molar-refractivity contribution in [1.29, 1.82) is 0 Å². The third-order valence-electron chi connectivity index (χ3n) is 7.72. The second-order valence-corrected chi connectivity index (χ2v) is 12.6. The van der Waals surface area contributed by atoms with Crippen molar-refractivity contribution in [3.63, 3.8) is 0 Å². The van der Waals surface area contributed by atoms with Crippen LogP contribution in [0.3, 0.4) is 0 Å². The Kier molecular flexibility index (Phi) is 25.1. The van der Waals surface area contributed by atoms with Crippen LogP contribution in [0.15, 0.2) is 0 Å². The number of hydrogen-bond acceptors (Lipinski definition) is 0. The molecule has 1 atom stereocenters. The van der Waals surface area contributed by atoms with Crippen molar-refractivity contribution < 1.29 is 0 Å². The van der Waals surface area contributed by atoms with Gasteiger partial charge < -0.3 is 0 Å². The van der Waals surface area contributed by atoms with Crippen molar-refractivity contribution in [3.05, 3.63) is 0 Å². The van der Waals surface area contributed by atoms with Crippen LogP contribution in [0.5, 0.6) is 0 Å². The average Bonchev–Trinajstić information content (AvgIpc) is 2.77. The molecule has 0 fully saturated rings. The van der Waals surface area contributed by atoms with Gasteiger partial charge in [0.15, 0.2) is 0 Å². The Morgan fingerprint density at radius 2 is 0.636 bits per heavy atom. The molecule has 0 radical (unpaired) electrons. The highest BCUT2D eigenvalue weighted by atomic mass is 14.2. The quantitative estimate of drug-likeness (QED) is 0.112. The molecule has 0 aliphatic carbocycles. The molecule has 0 aromatic heterocycles. The largest absolute Gasteiger partial charge is 0.0654 e. The first-order valence-electron chi connectivity index (χ1n) is 16.0. The summed E-state index contributed by atoms with van der Waals surface area (Å²) in [4.78, 5) is 0. The Morgan fingerprint density at radius 1 is 0.364 bits per heavy atom. The molecule has 0 bridgehead atoms. The minimum Gasteiger partial charge on any atom is -0.0654 e. The normalized spacial score (nSPS) is 13.0. The zero-order chi connectivity index (χ0) is 24.5. The number of unbranched alkanes of at least 4 members (excludes halogenated alkanes) is 19. The molecule has 0 amide bonds. The van der Waals surface area contributed by atoms with E-state index in [1.165, 1.54) is 167 Å². The summed E-state index contributed by atoms with van der Waals surface area (Å²) in [6.07, 6.45) is 38.2. The monoisotopic (exact) mass is 465 g/mol. The first-order chi connectivity index (χ1) is 16.0. The maximum atomic E-state index is 2.38. The molecule has 0 saturated heterocycles. The Morgan fingerprint density at radius 3 is 0.939 bits per heavy atom. The van der Waals surface area contributed by atoms with Crippen molar-refractivity contribution in [2.75, 3.05) is 0 Å². The van der Waals surface area contributed by atoms with Gasteiger partial charge in [0.25, 0.3) is 0 Å². The molecule has 0 heteroatoms. The zero-order valence-electron chi connectivity index (χ0n) is 24.5. The molecule has 1 unspecified atom stereocenters. The minimum atomic E-state index is 0.527. The third-order valence-corrected chi connectivity index (χ3v) is 7.72. The summed E-state index contributed by atoms with van der Waals surface area (Å²) in [5.74, 6) is 1.03. The van der Waals surface area contributed by atoms with Crippen LogP contribution in [-0.4, -0.2) is 0 Å². The van der Waals surface area contributed by atoms with E-state index < -0.39 is 0 Å². The van der Waals surface area contributed by atoms with Crippen molar-refractivity contribution in [3.8, 4) is 0 Å². The summed E-state index contributed by atoms with van der Waals surface area (Å²) in [7, 11) is 0. The first kappa shape index (κ1) is 33.0. The van der Waals surface area contributed by atoms with Gasteiger partial charge in [-0.2, -0.15) is 0 Å². The highest BCUT2D eigenvalue weighted by Gasteiger charge is 2.10. The molecule has 0 saturated carbocycles. The standard InChI is InChI=1S/C33H68/c1-6-8-10-12-14-17-21-25-29-32(28-24-20-16-13-11-9-7-2)30-26-22-18-15-19-23-27-31-33(3,4)5/h32H,6-31H2,1-5H3. The minimum absolute atomic E-state index is 0.527. The Balaban J connectivity index is 3.86. The topological polar surface area (TPSA) is 0 Å². The predicted molar refractivity (Wildman–Crippen MR) is 154 cm³/mol. The maximum absolute atomic E-state index is 2.38. The lowest BCUT2D eigenvalue weighted by Crippen LogP contribution is -2.03. The summed E-state index contributed by atoms with van der Waals surface area (Å²) in [5, 5.41) is 0. The highest BCUT2D eigenvalue weighted by molar-refractivity contribution is 4.63. The van der Waals surface area contributed by atoms with Crippen molar-refractivity contribution in [2.45, 2.75) is 202 Å². The van der Waals surface area contributed by atoms with Gasteiger partial charge >= 0.3 is 0 Å². The van der Waals surface area contributed by atoms with Gasteiger partial charge in [0.2, 0.25) is 0 Å². The summed E-state index contributed by atoms with van der Waals surface area (Å²) in [6, 6.07) is 0. The lowest BCUT2D eigenvalue weighted by molar-refractivity contribution is 0.354. The molecule has 0 nitrogen and oxygen atoms in total. The van der Waals surface area contributed by atoms with Gasteiger partial charge in [0.1, 0.15) is 0 Å². The zero-order valence-corrected chi connectivity index (χ0v) is 24.5. The van der Waals surface area contributed by atoms with Gasteiger partial charge in [-0.3, -0.25) is 0 Å². The second kappa shape index (κ2) is 25.1. The lowest BCUT2D eigenvalue weighted by Gasteiger charge is -2.18. The highest BCUT2D eigenvalue weighted by Crippen LogP contribution is 2.26. The van der Waals surface area contributed by atoms with E-state index in [9.17, 15) is 0 Å². The maximum Gasteiger partial charge on any atom is -0.0383 e. The van der Waals surface area contributed by atoms with Crippen LogP contribution in [0.1, 0.15) is 202 Å². The molecule has 0 rings (SSSR count). The summed E-state index contributed by atoms with van der Waals surface area (Å²) in [6.45, 7) is 11.8. The smallest absolute Gasteiger partial charge is 0.0383 e. The SMILES string of the molecule is CCCCCCCCCCC(CCCCCCCCC)CCCCCCCCCC(C)(C)C. The van der Waals surface area contributed by atoms with Crippen LogP contribution >= 0.6 is 0 Å². The molecule has 0 N–H and O–H groups in total. The Hall–Kier alpha value is 0. The fraction of sp³-hybridized carbons (Fsp3) is 1.00. The molecule has 33 heavy (non-hydrogen) atoms. The fourth-order valence-corrected chi connectivity index (χ4v) is 5.36. The number of hydrogen-bond donors (Lipinski definition) is 0. The Bertz CT molecular complexity index is 350. The summed E-state index contributed by atoms with van der Waals surface area (Å²) >= 11 is 0.